The fraction of sp³-hybridized carbons (Fsp3) is 0.133. The van der Waals surface area contributed by atoms with Gasteiger partial charge in [0.2, 0.25) is 0 Å². The minimum atomic E-state index is -4.28. The predicted molar refractivity (Wildman–Crippen MR) is 90.9 cm³/mol. The van der Waals surface area contributed by atoms with Crippen molar-refractivity contribution in [1.82, 2.24) is 0 Å². The highest BCUT2D eigenvalue weighted by molar-refractivity contribution is 7.93. The van der Waals surface area contributed by atoms with Crippen molar-refractivity contribution in [2.75, 3.05) is 22.9 Å². The third-order valence-electron chi connectivity index (χ3n) is 3.46. The Morgan fingerprint density at radius 2 is 1.77 bits per heavy atom. The van der Waals surface area contributed by atoms with Crippen LogP contribution in [0.5, 0.6) is 5.75 Å². The lowest BCUT2D eigenvalue weighted by atomic mass is 10.2. The van der Waals surface area contributed by atoms with Crippen LogP contribution in [0.4, 0.5) is 15.8 Å². The molecule has 3 rings (SSSR count). The van der Waals surface area contributed by atoms with Crippen molar-refractivity contribution in [3.63, 3.8) is 0 Å². The average molecular weight is 400 g/mol. The maximum atomic E-state index is 13.0. The number of sulfone groups is 1. The van der Waals surface area contributed by atoms with Gasteiger partial charge in [0.15, 0.2) is 22.2 Å². The largest absolute Gasteiger partial charge is 0.480 e. The van der Waals surface area contributed by atoms with Gasteiger partial charge in [0.25, 0.3) is 15.9 Å². The number of sulfonamides is 1. The second-order valence-electron chi connectivity index (χ2n) is 5.52. The summed E-state index contributed by atoms with van der Waals surface area (Å²) in [5.74, 6) is -1.26. The molecule has 0 atom stereocenters. The molecule has 1 aliphatic rings. The normalized spacial score (nSPS) is 14.2. The van der Waals surface area contributed by atoms with Gasteiger partial charge in [-0.15, -0.1) is 0 Å². The topological polar surface area (TPSA) is 119 Å². The molecule has 0 saturated heterocycles. The zero-order valence-electron chi connectivity index (χ0n) is 13.3. The monoisotopic (exact) mass is 400 g/mol. The smallest absolute Gasteiger partial charge is 0.265 e. The summed E-state index contributed by atoms with van der Waals surface area (Å²) in [5, 5.41) is 2.39. The van der Waals surface area contributed by atoms with Crippen molar-refractivity contribution in [2.45, 2.75) is 9.79 Å². The number of halogens is 1. The molecule has 0 saturated carbocycles. The minimum absolute atomic E-state index is 0.0661. The zero-order chi connectivity index (χ0) is 19.1. The Hall–Kier alpha value is -2.66. The summed E-state index contributed by atoms with van der Waals surface area (Å²) < 4.78 is 69.6. The number of carbonyl (C=O) groups excluding carboxylic acids is 1. The van der Waals surface area contributed by atoms with E-state index in [1.165, 1.54) is 12.1 Å². The Morgan fingerprint density at radius 3 is 2.38 bits per heavy atom. The maximum absolute atomic E-state index is 13.0. The van der Waals surface area contributed by atoms with E-state index in [-0.39, 0.29) is 22.0 Å². The van der Waals surface area contributed by atoms with Gasteiger partial charge in [-0.3, -0.25) is 9.52 Å². The molecule has 1 aliphatic heterocycles. The van der Waals surface area contributed by atoms with Crippen LogP contribution in [0.25, 0.3) is 0 Å². The molecule has 0 spiro atoms. The van der Waals surface area contributed by atoms with Crippen molar-refractivity contribution in [1.29, 1.82) is 0 Å². The second-order valence-corrected chi connectivity index (χ2v) is 9.19. The number of amides is 1. The molecular weight excluding hydrogens is 387 g/mol. The zero-order valence-corrected chi connectivity index (χ0v) is 14.9. The molecule has 0 aliphatic carbocycles. The van der Waals surface area contributed by atoms with E-state index in [0.29, 0.717) is 0 Å². The SMILES string of the molecule is CS(=O)(=O)c1cc2c(c(S(=O)(=O)Nc3ccc(F)cc3)c1)OCC(=O)N2. The van der Waals surface area contributed by atoms with Gasteiger partial charge in [-0.2, -0.15) is 0 Å². The van der Waals surface area contributed by atoms with E-state index in [4.69, 9.17) is 4.74 Å². The Labute approximate surface area is 149 Å². The van der Waals surface area contributed by atoms with Crippen LogP contribution in [0.3, 0.4) is 0 Å². The Balaban J connectivity index is 2.14. The quantitative estimate of drug-likeness (QED) is 0.800. The molecule has 0 bridgehead atoms. The van der Waals surface area contributed by atoms with Crippen LogP contribution in [0.2, 0.25) is 0 Å². The van der Waals surface area contributed by atoms with Crippen LogP contribution < -0.4 is 14.8 Å². The van der Waals surface area contributed by atoms with Crippen molar-refractivity contribution < 1.29 is 30.8 Å². The summed E-state index contributed by atoms with van der Waals surface area (Å²) >= 11 is 0. The van der Waals surface area contributed by atoms with E-state index in [0.717, 1.165) is 30.5 Å². The lowest BCUT2D eigenvalue weighted by molar-refractivity contribution is -0.118. The third-order valence-corrected chi connectivity index (χ3v) is 5.94. The summed E-state index contributed by atoms with van der Waals surface area (Å²) in [4.78, 5) is 10.7. The molecule has 0 radical (unpaired) electrons. The van der Waals surface area contributed by atoms with Gasteiger partial charge in [0, 0.05) is 11.9 Å². The van der Waals surface area contributed by atoms with Crippen LogP contribution in [0.1, 0.15) is 0 Å². The molecule has 8 nitrogen and oxygen atoms in total. The summed E-state index contributed by atoms with van der Waals surface area (Å²) in [5.41, 5.74) is 0.00779. The molecule has 0 aromatic heterocycles. The molecule has 2 aromatic carbocycles. The number of hydrogen-bond donors (Lipinski definition) is 2. The first-order chi connectivity index (χ1) is 12.1. The number of anilines is 2. The van der Waals surface area contributed by atoms with E-state index in [1.807, 2.05) is 0 Å². The first kappa shape index (κ1) is 18.1. The molecular formula is C15H13FN2O6S2. The third kappa shape index (κ3) is 3.63. The van der Waals surface area contributed by atoms with Crippen molar-refractivity contribution in [3.05, 3.63) is 42.2 Å². The maximum Gasteiger partial charge on any atom is 0.265 e. The lowest BCUT2D eigenvalue weighted by Gasteiger charge is -2.22. The summed E-state index contributed by atoms with van der Waals surface area (Å²) in [6.45, 7) is -0.412. The highest BCUT2D eigenvalue weighted by Gasteiger charge is 2.29. The molecule has 0 fully saturated rings. The number of hydrogen-bond acceptors (Lipinski definition) is 6. The fourth-order valence-corrected chi connectivity index (χ4v) is 4.27. The van der Waals surface area contributed by atoms with Crippen molar-refractivity contribution >= 4 is 37.1 Å². The first-order valence-electron chi connectivity index (χ1n) is 7.15. The van der Waals surface area contributed by atoms with Crippen LogP contribution in [0, 0.1) is 5.82 Å². The molecule has 26 heavy (non-hydrogen) atoms. The fourth-order valence-electron chi connectivity index (χ4n) is 2.28. The lowest BCUT2D eigenvalue weighted by Crippen LogP contribution is -2.27. The van der Waals surface area contributed by atoms with E-state index in [1.54, 1.807) is 0 Å². The number of ether oxygens (including phenoxy) is 1. The summed E-state index contributed by atoms with van der Waals surface area (Å²) in [6.07, 6.45) is 0.907. The Morgan fingerprint density at radius 1 is 1.12 bits per heavy atom. The van der Waals surface area contributed by atoms with Crippen LogP contribution >= 0.6 is 0 Å². The Bertz CT molecular complexity index is 1100. The molecule has 11 heteroatoms. The molecule has 138 valence electrons. The molecule has 2 N–H and O–H groups in total. The molecule has 1 amide bonds. The predicted octanol–water partition coefficient (Wildman–Crippen LogP) is 1.36. The highest BCUT2D eigenvalue weighted by atomic mass is 32.2. The van der Waals surface area contributed by atoms with Gasteiger partial charge in [-0.1, -0.05) is 0 Å². The van der Waals surface area contributed by atoms with Gasteiger partial charge in [-0.05, 0) is 36.4 Å². The number of benzene rings is 2. The van der Waals surface area contributed by atoms with Gasteiger partial charge >= 0.3 is 0 Å². The van der Waals surface area contributed by atoms with E-state index in [2.05, 4.69) is 10.0 Å². The van der Waals surface area contributed by atoms with E-state index in [9.17, 15) is 26.0 Å². The van der Waals surface area contributed by atoms with Gasteiger partial charge in [0.1, 0.15) is 10.7 Å². The molecule has 1 heterocycles. The highest BCUT2D eigenvalue weighted by Crippen LogP contribution is 2.38. The molecule has 2 aromatic rings. The number of carbonyl (C=O) groups is 1. The summed E-state index contributed by atoms with van der Waals surface area (Å²) in [7, 11) is -8.04. The van der Waals surface area contributed by atoms with Crippen LogP contribution in [-0.2, 0) is 24.7 Å². The van der Waals surface area contributed by atoms with E-state index >= 15 is 0 Å². The molecule has 0 unspecified atom stereocenters. The standard InChI is InChI=1S/C15H13FN2O6S2/c1-25(20,21)11-6-12-15(24-8-14(19)17-12)13(7-11)26(22,23)18-10-4-2-9(16)3-5-10/h2-7,18H,8H2,1H3,(H,17,19). The van der Waals surface area contributed by atoms with Gasteiger partial charge in [0.05, 0.1) is 10.6 Å². The van der Waals surface area contributed by atoms with E-state index < -0.39 is 43.1 Å². The number of nitrogens with one attached hydrogen (secondary N) is 2. The average Bonchev–Trinajstić information content (AvgIpc) is 2.54. The van der Waals surface area contributed by atoms with Gasteiger partial charge in [-0.25, -0.2) is 21.2 Å². The van der Waals surface area contributed by atoms with Crippen LogP contribution in [0.15, 0.2) is 46.2 Å². The van der Waals surface area contributed by atoms with Crippen molar-refractivity contribution in [3.8, 4) is 5.75 Å². The number of rotatable bonds is 4. The summed E-state index contributed by atoms with van der Waals surface area (Å²) in [6, 6.07) is 6.62. The second kappa shape index (κ2) is 6.25. The number of fused-ring (bicyclic) bond motifs is 1. The minimum Gasteiger partial charge on any atom is -0.480 e. The first-order valence-corrected chi connectivity index (χ1v) is 10.5. The van der Waals surface area contributed by atoms with Crippen molar-refractivity contribution in [2.24, 2.45) is 0 Å². The van der Waals surface area contributed by atoms with Crippen LogP contribution in [-0.4, -0.2) is 35.6 Å². The van der Waals surface area contributed by atoms with Gasteiger partial charge < -0.3 is 10.1 Å². The Kier molecular flexibility index (Phi) is 4.36.